The molecule has 0 saturated carbocycles. The van der Waals surface area contributed by atoms with Crippen molar-refractivity contribution in [3.8, 4) is 11.5 Å². The first-order valence-electron chi connectivity index (χ1n) is 10.3. The summed E-state index contributed by atoms with van der Waals surface area (Å²) >= 11 is 6.24. The van der Waals surface area contributed by atoms with Gasteiger partial charge in [0.05, 0.1) is 0 Å². The predicted octanol–water partition coefficient (Wildman–Crippen LogP) is 5.55. The van der Waals surface area contributed by atoms with Crippen LogP contribution in [-0.2, 0) is 0 Å². The molecule has 1 aliphatic rings. The third-order valence-corrected chi connectivity index (χ3v) is 8.58. The maximum absolute atomic E-state index is 5.97. The fourth-order valence-corrected chi connectivity index (χ4v) is 6.36. The number of nitrogens with zero attached hydrogens (tertiary/aromatic N) is 6. The van der Waals surface area contributed by atoms with Gasteiger partial charge in [-0.05, 0) is 24.3 Å². The molecule has 0 atom stereocenters. The van der Waals surface area contributed by atoms with E-state index in [1.807, 2.05) is 48.5 Å². The third kappa shape index (κ3) is 6.20. The van der Waals surface area contributed by atoms with E-state index in [0.29, 0.717) is 23.5 Å². The van der Waals surface area contributed by atoms with Gasteiger partial charge in [-0.2, -0.15) is 0 Å². The lowest BCUT2D eigenvalue weighted by molar-refractivity contribution is 0.217. The number of hydrogen-bond acceptors (Lipinski definition) is 12. The average molecular weight is 527 g/mol. The van der Waals surface area contributed by atoms with Gasteiger partial charge in [0.25, 0.3) is 0 Å². The zero-order valence-corrected chi connectivity index (χ0v) is 21.0. The van der Waals surface area contributed by atoms with Crippen molar-refractivity contribution in [2.45, 2.75) is 8.68 Å². The molecule has 34 heavy (non-hydrogen) atoms. The van der Waals surface area contributed by atoms with Gasteiger partial charge in [0.1, 0.15) is 24.7 Å². The summed E-state index contributed by atoms with van der Waals surface area (Å²) < 4.78 is 13.7. The fourth-order valence-electron chi connectivity index (χ4n) is 2.87. The van der Waals surface area contributed by atoms with Crippen molar-refractivity contribution in [2.24, 2.45) is 9.98 Å². The van der Waals surface area contributed by atoms with E-state index in [-0.39, 0.29) is 0 Å². The largest absolute Gasteiger partial charge is 0.489 e. The lowest BCUT2D eigenvalue weighted by Crippen LogP contribution is -2.10. The summed E-state index contributed by atoms with van der Waals surface area (Å²) in [7, 11) is 0. The van der Waals surface area contributed by atoms with Crippen LogP contribution in [0.2, 0.25) is 0 Å². The molecule has 12 heteroatoms. The summed E-state index contributed by atoms with van der Waals surface area (Å²) in [5.74, 6) is 3.22. The summed E-state index contributed by atoms with van der Waals surface area (Å²) in [5, 5.41) is 18.0. The molecule has 0 N–H and O–H groups in total. The molecule has 0 radical (unpaired) electrons. The molecule has 3 heterocycles. The van der Waals surface area contributed by atoms with E-state index in [1.165, 1.54) is 22.7 Å². The van der Waals surface area contributed by atoms with Crippen LogP contribution in [0.4, 0.5) is 10.3 Å². The topological polar surface area (TPSA) is 94.7 Å². The summed E-state index contributed by atoms with van der Waals surface area (Å²) in [4.78, 5) is 8.98. The molecule has 0 spiro atoms. The Morgan fingerprint density at radius 2 is 1.06 bits per heavy atom. The molecule has 5 rings (SSSR count). The van der Waals surface area contributed by atoms with Crippen LogP contribution in [0, 0.1) is 0 Å². The number of ether oxygens (including phenoxy) is 2. The first-order valence-corrected chi connectivity index (χ1v) is 13.9. The highest BCUT2D eigenvalue weighted by Gasteiger charge is 2.08. The molecule has 0 aliphatic carbocycles. The lowest BCUT2D eigenvalue weighted by Gasteiger charge is -2.11. The van der Waals surface area contributed by atoms with Crippen LogP contribution >= 0.6 is 46.2 Å². The van der Waals surface area contributed by atoms with Gasteiger partial charge in [0.2, 0.25) is 10.3 Å². The van der Waals surface area contributed by atoms with Crippen LogP contribution in [0.3, 0.4) is 0 Å². The lowest BCUT2D eigenvalue weighted by atomic mass is 10.2. The second-order valence-electron chi connectivity index (χ2n) is 6.69. The van der Waals surface area contributed by atoms with Crippen molar-refractivity contribution in [3.05, 3.63) is 59.7 Å². The van der Waals surface area contributed by atoms with Crippen molar-refractivity contribution in [3.63, 3.8) is 0 Å². The van der Waals surface area contributed by atoms with E-state index in [0.717, 1.165) is 42.8 Å². The number of rotatable bonds is 0. The second kappa shape index (κ2) is 11.6. The highest BCUT2D eigenvalue weighted by atomic mass is 32.2. The van der Waals surface area contributed by atoms with Crippen LogP contribution in [0.1, 0.15) is 11.1 Å². The van der Waals surface area contributed by atoms with Crippen molar-refractivity contribution in [1.82, 2.24) is 20.4 Å². The Morgan fingerprint density at radius 3 is 1.56 bits per heavy atom. The van der Waals surface area contributed by atoms with Crippen molar-refractivity contribution < 1.29 is 9.47 Å². The van der Waals surface area contributed by atoms with Gasteiger partial charge in [-0.25, -0.2) is 9.98 Å². The Kier molecular flexibility index (Phi) is 7.81. The standard InChI is InChI=1S/C22H18N6O2S4/c1-3-7-17-15(5-1)13-23-19-25-27-21(33-19)31-11-12-32-22-28-26-20(34-22)24-14-16-6-2-4-8-18(16)30-10-9-29-17/h1-8,13-14H,9-12H2/b23-13+,24-14+. The van der Waals surface area contributed by atoms with Gasteiger partial charge in [-0.1, -0.05) is 70.5 Å². The molecular formula is C22H18N6O2S4. The van der Waals surface area contributed by atoms with Gasteiger partial charge in [-0.15, -0.1) is 20.4 Å². The SMILES string of the molecule is C1=N/c2nnc(s2)SCCSc2nnc(s2)/N=C/c2ccccc2OCCOc2ccccc2/1. The maximum Gasteiger partial charge on any atom is 0.232 e. The summed E-state index contributed by atoms with van der Waals surface area (Å²) in [6, 6.07) is 15.5. The van der Waals surface area contributed by atoms with Crippen LogP contribution < -0.4 is 9.47 Å². The molecule has 4 bridgehead atoms. The summed E-state index contributed by atoms with van der Waals surface area (Å²) in [6.45, 7) is 0.764. The van der Waals surface area contributed by atoms with Crippen molar-refractivity contribution in [1.29, 1.82) is 0 Å². The van der Waals surface area contributed by atoms with Gasteiger partial charge in [0, 0.05) is 35.1 Å². The number of thioether (sulfide) groups is 2. The first kappa shape index (κ1) is 23.0. The molecule has 172 valence electrons. The van der Waals surface area contributed by atoms with E-state index in [2.05, 4.69) is 30.4 Å². The number of hydrogen-bond donors (Lipinski definition) is 0. The zero-order valence-electron chi connectivity index (χ0n) is 17.7. The second-order valence-corrected chi connectivity index (χ2v) is 11.3. The third-order valence-electron chi connectivity index (χ3n) is 4.39. The zero-order chi connectivity index (χ0) is 23.0. The molecule has 4 aromatic rings. The number of aliphatic imine (C=N–C) groups is 2. The summed E-state index contributed by atoms with van der Waals surface area (Å²) in [5.41, 5.74) is 1.74. The smallest absolute Gasteiger partial charge is 0.232 e. The Morgan fingerprint density at radius 1 is 0.588 bits per heavy atom. The maximum atomic E-state index is 5.97. The van der Waals surface area contributed by atoms with Crippen molar-refractivity contribution in [2.75, 3.05) is 24.7 Å². The normalized spacial score (nSPS) is 16.5. The minimum atomic E-state index is 0.382. The highest BCUT2D eigenvalue weighted by molar-refractivity contribution is 8.04. The Labute approximate surface area is 212 Å². The molecule has 0 amide bonds. The Balaban J connectivity index is 1.37. The molecule has 0 fully saturated rings. The van der Waals surface area contributed by atoms with E-state index in [4.69, 9.17) is 9.47 Å². The molecular weight excluding hydrogens is 509 g/mol. The first-order chi connectivity index (χ1) is 16.8. The number of para-hydroxylation sites is 2. The Hall–Kier alpha value is -2.80. The molecule has 2 aromatic carbocycles. The fraction of sp³-hybridized carbons (Fsp3) is 0.182. The van der Waals surface area contributed by atoms with Gasteiger partial charge >= 0.3 is 0 Å². The van der Waals surface area contributed by atoms with Crippen LogP contribution in [0.5, 0.6) is 11.5 Å². The van der Waals surface area contributed by atoms with E-state index in [1.54, 1.807) is 36.0 Å². The molecule has 0 saturated heterocycles. The minimum Gasteiger partial charge on any atom is -0.489 e. The monoisotopic (exact) mass is 526 g/mol. The van der Waals surface area contributed by atoms with Crippen LogP contribution in [-0.4, -0.2) is 57.5 Å². The molecule has 1 aliphatic heterocycles. The van der Waals surface area contributed by atoms with Gasteiger partial charge in [-0.3, -0.25) is 0 Å². The number of benzene rings is 2. The van der Waals surface area contributed by atoms with Gasteiger partial charge in [0.15, 0.2) is 8.68 Å². The minimum absolute atomic E-state index is 0.382. The van der Waals surface area contributed by atoms with Crippen LogP contribution in [0.25, 0.3) is 0 Å². The average Bonchev–Trinajstić information content (AvgIpc) is 3.52. The van der Waals surface area contributed by atoms with Gasteiger partial charge < -0.3 is 9.47 Å². The molecule has 0 unspecified atom stereocenters. The Bertz CT molecular complexity index is 1210. The van der Waals surface area contributed by atoms with E-state index >= 15 is 0 Å². The predicted molar refractivity (Wildman–Crippen MR) is 140 cm³/mol. The molecule has 8 nitrogen and oxygen atoms in total. The number of fused-ring (bicyclic) bond motifs is 6. The van der Waals surface area contributed by atoms with E-state index in [9.17, 15) is 0 Å². The highest BCUT2D eigenvalue weighted by Crippen LogP contribution is 2.31. The summed E-state index contributed by atoms with van der Waals surface area (Å²) in [6.07, 6.45) is 3.51. The van der Waals surface area contributed by atoms with Crippen molar-refractivity contribution >= 4 is 68.9 Å². The van der Waals surface area contributed by atoms with Crippen LogP contribution in [0.15, 0.2) is 67.2 Å². The quantitative estimate of drug-likeness (QED) is 0.294. The molecule has 2 aromatic heterocycles. The number of aromatic nitrogens is 4. The van der Waals surface area contributed by atoms with E-state index < -0.39 is 0 Å².